The molecule has 11 heteroatoms. The Balaban J connectivity index is 1.65. The quantitative estimate of drug-likeness (QED) is 0.225. The van der Waals surface area contributed by atoms with Gasteiger partial charge in [0.05, 0.1) is 11.8 Å². The van der Waals surface area contributed by atoms with Crippen molar-refractivity contribution in [2.75, 3.05) is 13.2 Å². The van der Waals surface area contributed by atoms with E-state index in [1.165, 1.54) is 36.8 Å². The monoisotopic (exact) mass is 542 g/mol. The van der Waals surface area contributed by atoms with Gasteiger partial charge < -0.3 is 30.0 Å². The molecule has 38 heavy (non-hydrogen) atoms. The van der Waals surface area contributed by atoms with Crippen LogP contribution in [0.2, 0.25) is 5.02 Å². The standard InChI is InChI=1S/C27H27ClN2O8/c28-20-7-4-17(5-8-20)3-1-2-11-29-26(34)22(30-25(33)19-10-12-37-15-19)14-18-6-9-23(38-16-24(31)32)21(13-18)27(35)36/h4-10,12-13,15,22H,1-3,11,14,16H2,(H,29,34)(H,30,33)(H,31,32)(H,35,36)/t22-/m0/s1. The summed E-state index contributed by atoms with van der Waals surface area (Å²) in [5.41, 5.74) is 1.54. The number of hydrogen-bond acceptors (Lipinski definition) is 6. The highest BCUT2D eigenvalue weighted by Gasteiger charge is 2.23. The van der Waals surface area contributed by atoms with Crippen LogP contribution in [0.5, 0.6) is 5.75 Å². The van der Waals surface area contributed by atoms with Gasteiger partial charge in [0.15, 0.2) is 6.61 Å². The SMILES string of the molecule is O=C(O)COc1ccc(C[C@H](NC(=O)c2ccoc2)C(=O)NCCCCc2ccc(Cl)cc2)cc1C(=O)O. The molecule has 1 atom stereocenters. The highest BCUT2D eigenvalue weighted by atomic mass is 35.5. The van der Waals surface area contributed by atoms with Crippen LogP contribution in [-0.2, 0) is 22.4 Å². The zero-order chi connectivity index (χ0) is 27.5. The van der Waals surface area contributed by atoms with E-state index in [1.807, 2.05) is 24.3 Å². The first-order valence-corrected chi connectivity index (χ1v) is 12.2. The Bertz CT molecular complexity index is 1260. The number of nitrogens with one attached hydrogen (secondary N) is 2. The summed E-state index contributed by atoms with van der Waals surface area (Å²) in [6.07, 6.45) is 4.92. The van der Waals surface area contributed by atoms with Crippen molar-refractivity contribution in [3.8, 4) is 5.75 Å². The van der Waals surface area contributed by atoms with Crippen LogP contribution in [-0.4, -0.2) is 53.2 Å². The largest absolute Gasteiger partial charge is 0.481 e. The van der Waals surface area contributed by atoms with E-state index in [1.54, 1.807) is 0 Å². The number of furan rings is 1. The van der Waals surface area contributed by atoms with Gasteiger partial charge in [0.25, 0.3) is 5.91 Å². The van der Waals surface area contributed by atoms with Crippen molar-refractivity contribution in [1.29, 1.82) is 0 Å². The number of benzene rings is 2. The molecule has 3 aromatic rings. The van der Waals surface area contributed by atoms with Crippen molar-refractivity contribution in [1.82, 2.24) is 10.6 Å². The highest BCUT2D eigenvalue weighted by molar-refractivity contribution is 6.30. The van der Waals surface area contributed by atoms with Crippen molar-refractivity contribution >= 4 is 35.4 Å². The number of aryl methyl sites for hydroxylation is 1. The summed E-state index contributed by atoms with van der Waals surface area (Å²) in [6.45, 7) is -0.323. The maximum Gasteiger partial charge on any atom is 0.341 e. The maximum atomic E-state index is 13.0. The lowest BCUT2D eigenvalue weighted by molar-refractivity contribution is -0.139. The fourth-order valence-electron chi connectivity index (χ4n) is 3.66. The number of aromatic carboxylic acids is 1. The van der Waals surface area contributed by atoms with E-state index in [0.29, 0.717) is 23.6 Å². The van der Waals surface area contributed by atoms with E-state index in [2.05, 4.69) is 10.6 Å². The topological polar surface area (TPSA) is 155 Å². The van der Waals surface area contributed by atoms with Gasteiger partial charge in [0, 0.05) is 18.0 Å². The summed E-state index contributed by atoms with van der Waals surface area (Å²) in [4.78, 5) is 48.1. The van der Waals surface area contributed by atoms with Crippen LogP contribution in [0, 0.1) is 0 Å². The molecule has 2 aromatic carbocycles. The molecule has 200 valence electrons. The van der Waals surface area contributed by atoms with E-state index in [9.17, 15) is 24.3 Å². The van der Waals surface area contributed by atoms with Gasteiger partial charge in [-0.1, -0.05) is 29.8 Å². The minimum atomic E-state index is -1.32. The summed E-state index contributed by atoms with van der Waals surface area (Å²) in [7, 11) is 0. The molecule has 0 aliphatic carbocycles. The molecule has 1 heterocycles. The number of hydrogen-bond donors (Lipinski definition) is 4. The predicted octanol–water partition coefficient (Wildman–Crippen LogP) is 3.57. The number of halogens is 1. The average molecular weight is 543 g/mol. The van der Waals surface area contributed by atoms with Gasteiger partial charge in [-0.3, -0.25) is 9.59 Å². The van der Waals surface area contributed by atoms with Gasteiger partial charge in [0.1, 0.15) is 23.6 Å². The fraction of sp³-hybridized carbons (Fsp3) is 0.259. The van der Waals surface area contributed by atoms with E-state index >= 15 is 0 Å². The smallest absolute Gasteiger partial charge is 0.341 e. The van der Waals surface area contributed by atoms with E-state index < -0.39 is 36.4 Å². The number of rotatable bonds is 14. The number of carboxylic acid groups (broad SMARTS) is 2. The number of carbonyl (C=O) groups is 4. The first kappa shape index (κ1) is 28.3. The minimum Gasteiger partial charge on any atom is -0.481 e. The lowest BCUT2D eigenvalue weighted by Crippen LogP contribution is -2.48. The summed E-state index contributed by atoms with van der Waals surface area (Å²) in [5.74, 6) is -3.65. The molecule has 0 bridgehead atoms. The summed E-state index contributed by atoms with van der Waals surface area (Å²) in [5, 5.41) is 24.5. The Labute approximate surface area is 223 Å². The van der Waals surface area contributed by atoms with Crippen LogP contribution >= 0.6 is 11.6 Å². The molecule has 0 aliphatic heterocycles. The first-order valence-electron chi connectivity index (χ1n) is 11.8. The van der Waals surface area contributed by atoms with Crippen molar-refractivity contribution in [2.45, 2.75) is 31.7 Å². The molecule has 2 amide bonds. The number of carboxylic acids is 2. The van der Waals surface area contributed by atoms with Gasteiger partial charge in [-0.25, -0.2) is 9.59 Å². The maximum absolute atomic E-state index is 13.0. The number of amides is 2. The van der Waals surface area contributed by atoms with Crippen LogP contribution in [0.15, 0.2) is 65.5 Å². The normalized spacial score (nSPS) is 11.4. The summed E-state index contributed by atoms with van der Waals surface area (Å²) < 4.78 is 9.98. The Morgan fingerprint density at radius 3 is 2.37 bits per heavy atom. The number of aliphatic carboxylic acids is 1. The lowest BCUT2D eigenvalue weighted by Gasteiger charge is -2.19. The first-order chi connectivity index (χ1) is 18.2. The molecular formula is C27H27ClN2O8. The molecule has 0 aliphatic rings. The van der Waals surface area contributed by atoms with Crippen LogP contribution < -0.4 is 15.4 Å². The van der Waals surface area contributed by atoms with Crippen LogP contribution in [0.25, 0.3) is 0 Å². The molecule has 1 aromatic heterocycles. The Morgan fingerprint density at radius 2 is 1.71 bits per heavy atom. The second-order valence-corrected chi connectivity index (χ2v) is 8.87. The average Bonchev–Trinajstić information content (AvgIpc) is 3.43. The summed E-state index contributed by atoms with van der Waals surface area (Å²) in [6, 6.07) is 12.1. The van der Waals surface area contributed by atoms with E-state index in [0.717, 1.165) is 18.4 Å². The summed E-state index contributed by atoms with van der Waals surface area (Å²) >= 11 is 5.90. The third-order valence-corrected chi connectivity index (χ3v) is 5.83. The van der Waals surface area contributed by atoms with Crippen molar-refractivity contribution < 1.29 is 38.5 Å². The molecule has 0 radical (unpaired) electrons. The van der Waals surface area contributed by atoms with E-state index in [-0.39, 0.29) is 23.3 Å². The van der Waals surface area contributed by atoms with Crippen molar-refractivity contribution in [3.05, 3.63) is 88.3 Å². The molecule has 0 unspecified atom stereocenters. The third kappa shape index (κ3) is 8.67. The van der Waals surface area contributed by atoms with Crippen molar-refractivity contribution in [3.63, 3.8) is 0 Å². The second kappa shape index (κ2) is 13.8. The second-order valence-electron chi connectivity index (χ2n) is 8.43. The zero-order valence-corrected chi connectivity index (χ0v) is 21.1. The Hall–Kier alpha value is -4.31. The van der Waals surface area contributed by atoms with Crippen molar-refractivity contribution in [2.24, 2.45) is 0 Å². The lowest BCUT2D eigenvalue weighted by atomic mass is 10.0. The van der Waals surface area contributed by atoms with Gasteiger partial charge >= 0.3 is 11.9 Å². The van der Waals surface area contributed by atoms with Crippen LogP contribution in [0.4, 0.5) is 0 Å². The molecule has 0 saturated carbocycles. The molecular weight excluding hydrogens is 516 g/mol. The molecule has 4 N–H and O–H groups in total. The van der Waals surface area contributed by atoms with E-state index in [4.69, 9.17) is 25.9 Å². The molecule has 0 fully saturated rings. The fourth-order valence-corrected chi connectivity index (χ4v) is 3.78. The molecule has 0 spiro atoms. The predicted molar refractivity (Wildman–Crippen MR) is 138 cm³/mol. The third-order valence-electron chi connectivity index (χ3n) is 5.58. The van der Waals surface area contributed by atoms with Crippen LogP contribution in [0.1, 0.15) is 44.7 Å². The minimum absolute atomic E-state index is 0.0142. The highest BCUT2D eigenvalue weighted by Crippen LogP contribution is 2.21. The molecule has 3 rings (SSSR count). The Kier molecular flexibility index (Phi) is 10.3. The zero-order valence-electron chi connectivity index (χ0n) is 20.3. The van der Waals surface area contributed by atoms with Gasteiger partial charge in [-0.2, -0.15) is 0 Å². The Morgan fingerprint density at radius 1 is 0.974 bits per heavy atom. The van der Waals surface area contributed by atoms with Gasteiger partial charge in [-0.05, 0) is 60.7 Å². The number of unbranched alkanes of at least 4 members (excludes halogenated alkanes) is 1. The molecule has 10 nitrogen and oxygen atoms in total. The molecule has 0 saturated heterocycles. The van der Waals surface area contributed by atoms with Crippen LogP contribution in [0.3, 0.4) is 0 Å². The number of ether oxygens (including phenoxy) is 1. The number of carbonyl (C=O) groups excluding carboxylic acids is 2. The van der Waals surface area contributed by atoms with Gasteiger partial charge in [0.2, 0.25) is 5.91 Å². The van der Waals surface area contributed by atoms with Gasteiger partial charge in [-0.15, -0.1) is 0 Å².